The van der Waals surface area contributed by atoms with Crippen molar-refractivity contribution >= 4 is 5.91 Å². The van der Waals surface area contributed by atoms with Gasteiger partial charge in [0.2, 0.25) is 0 Å². The molecule has 116 valence electrons. The first kappa shape index (κ1) is 16.0. The van der Waals surface area contributed by atoms with Crippen LogP contribution >= 0.6 is 0 Å². The van der Waals surface area contributed by atoms with E-state index in [2.05, 4.69) is 26.8 Å². The lowest BCUT2D eigenvalue weighted by molar-refractivity contribution is 0.0667. The van der Waals surface area contributed by atoms with Gasteiger partial charge in [0.15, 0.2) is 0 Å². The van der Waals surface area contributed by atoms with Gasteiger partial charge >= 0.3 is 0 Å². The largest absolute Gasteiger partial charge is 0.338 e. The van der Waals surface area contributed by atoms with Crippen molar-refractivity contribution in [2.24, 2.45) is 11.7 Å². The zero-order valence-corrected chi connectivity index (χ0v) is 13.6. The highest BCUT2D eigenvalue weighted by Crippen LogP contribution is 2.28. The third kappa shape index (κ3) is 3.85. The van der Waals surface area contributed by atoms with Crippen molar-refractivity contribution in [2.75, 3.05) is 19.6 Å². The minimum Gasteiger partial charge on any atom is -0.338 e. The van der Waals surface area contributed by atoms with Gasteiger partial charge in [-0.05, 0) is 48.8 Å². The Morgan fingerprint density at radius 2 is 2.05 bits per heavy atom. The highest BCUT2D eigenvalue weighted by molar-refractivity contribution is 5.96. The van der Waals surface area contributed by atoms with Gasteiger partial charge in [-0.2, -0.15) is 0 Å². The van der Waals surface area contributed by atoms with Crippen molar-refractivity contribution in [2.45, 2.75) is 45.4 Å². The number of hydrogen-bond donors (Lipinski definition) is 1. The van der Waals surface area contributed by atoms with Crippen LogP contribution in [0.5, 0.6) is 0 Å². The van der Waals surface area contributed by atoms with Gasteiger partial charge in [0, 0.05) is 18.7 Å². The number of carbonyl (C=O) groups is 1. The number of piperidine rings is 1. The van der Waals surface area contributed by atoms with Crippen LogP contribution in [0.1, 0.15) is 56.0 Å². The van der Waals surface area contributed by atoms with Gasteiger partial charge in [-0.3, -0.25) is 4.79 Å². The molecule has 1 unspecified atom stereocenters. The Morgan fingerprint density at radius 1 is 1.33 bits per heavy atom. The van der Waals surface area contributed by atoms with E-state index in [0.717, 1.165) is 37.1 Å². The summed E-state index contributed by atoms with van der Waals surface area (Å²) in [6.45, 7) is 8.92. The number of likely N-dealkylation sites (tertiary alicyclic amines) is 1. The second-order valence-corrected chi connectivity index (χ2v) is 7.13. The average Bonchev–Trinajstić information content (AvgIpc) is 2.46. The molecule has 1 amide bonds. The maximum Gasteiger partial charge on any atom is 0.254 e. The zero-order chi connectivity index (χ0) is 15.5. The predicted octanol–water partition coefficient (Wildman–Crippen LogP) is 3.19. The van der Waals surface area contributed by atoms with Crippen molar-refractivity contribution in [3.63, 3.8) is 0 Å². The van der Waals surface area contributed by atoms with Gasteiger partial charge in [-0.1, -0.05) is 39.0 Å². The quantitative estimate of drug-likeness (QED) is 0.928. The molecule has 1 aliphatic heterocycles. The number of hydrogen-bond acceptors (Lipinski definition) is 2. The molecule has 1 fully saturated rings. The first-order valence-electron chi connectivity index (χ1n) is 8.02. The van der Waals surface area contributed by atoms with Crippen LogP contribution in [0, 0.1) is 5.92 Å². The van der Waals surface area contributed by atoms with Crippen molar-refractivity contribution in [3.05, 3.63) is 35.4 Å². The number of nitrogens with zero attached hydrogens (tertiary/aromatic N) is 1. The second kappa shape index (κ2) is 6.61. The molecule has 0 spiro atoms. The van der Waals surface area contributed by atoms with Crippen molar-refractivity contribution in [3.8, 4) is 0 Å². The van der Waals surface area contributed by atoms with Crippen molar-refractivity contribution in [1.29, 1.82) is 0 Å². The molecule has 2 N–H and O–H groups in total. The van der Waals surface area contributed by atoms with Crippen LogP contribution in [0.25, 0.3) is 0 Å². The molecular formula is C18H28N2O. The number of nitrogens with two attached hydrogens (primary N) is 1. The van der Waals surface area contributed by atoms with Crippen LogP contribution in [0.15, 0.2) is 24.3 Å². The Hall–Kier alpha value is -1.35. The van der Waals surface area contributed by atoms with Gasteiger partial charge in [-0.15, -0.1) is 0 Å². The second-order valence-electron chi connectivity index (χ2n) is 7.13. The summed E-state index contributed by atoms with van der Waals surface area (Å²) in [5.41, 5.74) is 7.65. The van der Waals surface area contributed by atoms with E-state index in [4.69, 9.17) is 5.73 Å². The Kier molecular flexibility index (Phi) is 5.04. The third-order valence-electron chi connectivity index (χ3n) is 4.35. The summed E-state index contributed by atoms with van der Waals surface area (Å²) in [5.74, 6) is 0.747. The molecule has 0 bridgehead atoms. The summed E-state index contributed by atoms with van der Waals surface area (Å²) in [5, 5.41) is 0. The highest BCUT2D eigenvalue weighted by Gasteiger charge is 2.27. The fourth-order valence-electron chi connectivity index (χ4n) is 3.21. The van der Waals surface area contributed by atoms with E-state index >= 15 is 0 Å². The molecule has 0 saturated carbocycles. The molecule has 1 atom stereocenters. The van der Waals surface area contributed by atoms with Gasteiger partial charge in [0.1, 0.15) is 0 Å². The van der Waals surface area contributed by atoms with Crippen molar-refractivity contribution in [1.82, 2.24) is 4.90 Å². The normalized spacial score (nSPS) is 19.6. The molecule has 21 heavy (non-hydrogen) atoms. The van der Waals surface area contributed by atoms with Crippen LogP contribution in [0.3, 0.4) is 0 Å². The molecule has 0 aromatic heterocycles. The minimum atomic E-state index is -0.0152. The lowest BCUT2D eigenvalue weighted by Gasteiger charge is -2.34. The van der Waals surface area contributed by atoms with Crippen LogP contribution in [0.2, 0.25) is 0 Å². The Labute approximate surface area is 128 Å². The number of amides is 1. The molecule has 1 heterocycles. The average molecular weight is 288 g/mol. The lowest BCUT2D eigenvalue weighted by atomic mass is 9.83. The van der Waals surface area contributed by atoms with E-state index in [1.807, 2.05) is 23.1 Å². The summed E-state index contributed by atoms with van der Waals surface area (Å²) < 4.78 is 0. The first-order valence-corrected chi connectivity index (χ1v) is 8.02. The standard InChI is InChI=1S/C18H28N2O/c1-18(2,3)16-9-5-4-8-15(16)17(21)20-12-6-7-14(13-20)10-11-19/h4-5,8-9,14H,6-7,10-13,19H2,1-3H3. The molecule has 1 aromatic rings. The number of rotatable bonds is 3. The summed E-state index contributed by atoms with van der Waals surface area (Å²) in [6.07, 6.45) is 3.31. The maximum absolute atomic E-state index is 12.9. The molecular weight excluding hydrogens is 260 g/mol. The molecule has 1 aliphatic rings. The molecule has 0 aliphatic carbocycles. The van der Waals surface area contributed by atoms with Crippen LogP contribution < -0.4 is 5.73 Å². The molecule has 0 radical (unpaired) electrons. The summed E-state index contributed by atoms with van der Waals surface area (Å²) in [7, 11) is 0. The van der Waals surface area contributed by atoms with Crippen molar-refractivity contribution < 1.29 is 4.79 Å². The molecule has 1 aromatic carbocycles. The molecule has 1 saturated heterocycles. The topological polar surface area (TPSA) is 46.3 Å². The summed E-state index contributed by atoms with van der Waals surface area (Å²) in [4.78, 5) is 14.9. The van der Waals surface area contributed by atoms with E-state index in [9.17, 15) is 4.79 Å². The molecule has 3 nitrogen and oxygen atoms in total. The Bertz CT molecular complexity index is 488. The maximum atomic E-state index is 12.9. The highest BCUT2D eigenvalue weighted by atomic mass is 16.2. The van der Waals surface area contributed by atoms with Crippen LogP contribution in [-0.2, 0) is 5.41 Å². The van der Waals surface area contributed by atoms with Crippen LogP contribution in [-0.4, -0.2) is 30.4 Å². The number of carbonyl (C=O) groups excluding carboxylic acids is 1. The van der Waals surface area contributed by atoms with E-state index in [1.54, 1.807) is 0 Å². The monoisotopic (exact) mass is 288 g/mol. The van der Waals surface area contributed by atoms with E-state index in [-0.39, 0.29) is 11.3 Å². The smallest absolute Gasteiger partial charge is 0.254 e. The zero-order valence-electron chi connectivity index (χ0n) is 13.6. The Morgan fingerprint density at radius 3 is 2.71 bits per heavy atom. The Balaban J connectivity index is 2.20. The van der Waals surface area contributed by atoms with Crippen LogP contribution in [0.4, 0.5) is 0 Å². The first-order chi connectivity index (χ1) is 9.93. The summed E-state index contributed by atoms with van der Waals surface area (Å²) in [6, 6.07) is 8.03. The lowest BCUT2D eigenvalue weighted by Crippen LogP contribution is -2.41. The van der Waals surface area contributed by atoms with E-state index < -0.39 is 0 Å². The minimum absolute atomic E-state index is 0.0152. The van der Waals surface area contributed by atoms with Gasteiger partial charge in [0.25, 0.3) is 5.91 Å². The third-order valence-corrected chi connectivity index (χ3v) is 4.35. The van der Waals surface area contributed by atoms with E-state index in [0.29, 0.717) is 12.5 Å². The molecule has 3 heteroatoms. The number of benzene rings is 1. The SMILES string of the molecule is CC(C)(C)c1ccccc1C(=O)N1CCCC(CCN)C1. The fraction of sp³-hybridized carbons (Fsp3) is 0.611. The fourth-order valence-corrected chi connectivity index (χ4v) is 3.21. The van der Waals surface area contributed by atoms with Gasteiger partial charge < -0.3 is 10.6 Å². The van der Waals surface area contributed by atoms with Gasteiger partial charge in [0.05, 0.1) is 0 Å². The predicted molar refractivity (Wildman–Crippen MR) is 87.4 cm³/mol. The summed E-state index contributed by atoms with van der Waals surface area (Å²) >= 11 is 0. The molecule has 2 rings (SSSR count). The van der Waals surface area contributed by atoms with E-state index in [1.165, 1.54) is 6.42 Å². The van der Waals surface area contributed by atoms with Gasteiger partial charge in [-0.25, -0.2) is 0 Å².